The zero-order valence-corrected chi connectivity index (χ0v) is 37.6. The molecule has 2 aliphatic rings. The summed E-state index contributed by atoms with van der Waals surface area (Å²) in [5.74, 6) is -8.16. The molecule has 0 aromatic carbocycles. The van der Waals surface area contributed by atoms with Gasteiger partial charge in [0.1, 0.15) is 42.3 Å². The first-order chi connectivity index (χ1) is 29.6. The van der Waals surface area contributed by atoms with Gasteiger partial charge in [-0.2, -0.15) is 0 Å². The Morgan fingerprint density at radius 2 is 1.11 bits per heavy atom. The van der Waals surface area contributed by atoms with Gasteiger partial charge in [-0.15, -0.1) is 0 Å². The Balaban J connectivity index is 2.69. The van der Waals surface area contributed by atoms with Crippen molar-refractivity contribution in [3.63, 3.8) is 0 Å². The van der Waals surface area contributed by atoms with Crippen molar-refractivity contribution in [3.8, 4) is 0 Å². The van der Waals surface area contributed by atoms with Gasteiger partial charge < -0.3 is 64.4 Å². The third kappa shape index (κ3) is 19.2. The van der Waals surface area contributed by atoms with Gasteiger partial charge in [-0.1, -0.05) is 41.5 Å². The quantitative estimate of drug-likeness (QED) is 0.0446. The molecule has 14 N–H and O–H groups in total. The molecule has 2 saturated heterocycles. The molecular weight excluding hydrogens is 821 g/mol. The first-order valence-electron chi connectivity index (χ1n) is 22.0. The minimum Gasteiger partial charge on any atom is -0.481 e. The van der Waals surface area contributed by atoms with Crippen LogP contribution in [0.5, 0.6) is 0 Å². The van der Waals surface area contributed by atoms with Gasteiger partial charge in [0.25, 0.3) is 0 Å². The number of carbonyl (C=O) groups excluding carboxylic acids is 8. The lowest BCUT2D eigenvalue weighted by Gasteiger charge is -2.31. The number of fused-ring (bicyclic) bond motifs is 1. The highest BCUT2D eigenvalue weighted by molar-refractivity contribution is 5.99. The van der Waals surface area contributed by atoms with E-state index in [0.29, 0.717) is 19.3 Å². The average molecular weight is 893 g/mol. The molecule has 0 unspecified atom stereocenters. The predicted molar refractivity (Wildman–Crippen MR) is 233 cm³/mol. The van der Waals surface area contributed by atoms with Gasteiger partial charge in [-0.3, -0.25) is 48.1 Å². The van der Waals surface area contributed by atoms with Crippen LogP contribution in [0.4, 0.5) is 0 Å². The van der Waals surface area contributed by atoms with E-state index in [1.54, 1.807) is 27.7 Å². The van der Waals surface area contributed by atoms with Crippen molar-refractivity contribution in [1.29, 1.82) is 0 Å². The lowest BCUT2D eigenvalue weighted by atomic mass is 9.99. The predicted octanol–water partition coefficient (Wildman–Crippen LogP) is -2.19. The standard InChI is InChI=1S/C41H72N12O10/c1-22(2)17-27-35(58)50-29(19-24(5)6)37(60)52-30(20-33(55)56)38(61)51-28(18-23(3)4)36(59)48-25(11-7-8-14-42)34(57)49-26(12-9-15-45-41(43)44)40(63)53-16-10-13-31(53)39(62)46-21-32(54)47-27/h22-31H,7-21,42H2,1-6H3,(H,46,62)(H,47,54)(H,48,59)(H,49,57)(H,50,58)(H,51,61)(H,52,60)(H,55,56)(H4,43,44,45)/t25-,26-,27-,28-,29-,30-,31+/m0/s1. The molecule has 2 heterocycles. The fourth-order valence-corrected chi connectivity index (χ4v) is 7.41. The van der Waals surface area contributed by atoms with E-state index in [4.69, 9.17) is 17.2 Å². The van der Waals surface area contributed by atoms with Gasteiger partial charge in [0.15, 0.2) is 5.96 Å². The van der Waals surface area contributed by atoms with Crippen LogP contribution in [0.1, 0.15) is 112 Å². The van der Waals surface area contributed by atoms with E-state index in [9.17, 15) is 48.3 Å². The molecule has 0 aromatic rings. The van der Waals surface area contributed by atoms with Crippen LogP contribution in [0.15, 0.2) is 4.99 Å². The molecule has 0 aliphatic carbocycles. The second-order valence-corrected chi connectivity index (χ2v) is 17.6. The molecule has 0 saturated carbocycles. The van der Waals surface area contributed by atoms with Gasteiger partial charge in [-0.05, 0) is 88.5 Å². The zero-order valence-electron chi connectivity index (χ0n) is 37.6. The van der Waals surface area contributed by atoms with Crippen molar-refractivity contribution in [2.24, 2.45) is 39.9 Å². The summed E-state index contributed by atoms with van der Waals surface area (Å²) in [5, 5.41) is 28.1. The maximum absolute atomic E-state index is 14.3. The highest BCUT2D eigenvalue weighted by atomic mass is 16.4. The summed E-state index contributed by atoms with van der Waals surface area (Å²) in [6, 6.07) is -8.89. The number of aliphatic imine (C=N–C) groups is 1. The number of carbonyl (C=O) groups is 9. The fourth-order valence-electron chi connectivity index (χ4n) is 7.41. The number of unbranched alkanes of at least 4 members (excludes halogenated alkanes) is 1. The second kappa shape index (κ2) is 26.8. The number of guanidine groups is 1. The van der Waals surface area contributed by atoms with Gasteiger partial charge in [0, 0.05) is 13.1 Å². The molecule has 0 radical (unpaired) electrons. The number of aliphatic carboxylic acids is 1. The monoisotopic (exact) mass is 893 g/mol. The van der Waals surface area contributed by atoms with Crippen molar-refractivity contribution in [2.75, 3.05) is 26.2 Å². The number of rotatable bonds is 16. The molecule has 22 heteroatoms. The summed E-state index contributed by atoms with van der Waals surface area (Å²) in [7, 11) is 0. The van der Waals surface area contributed by atoms with Crippen molar-refractivity contribution < 1.29 is 48.3 Å². The minimum absolute atomic E-state index is 0.0398. The summed E-state index contributed by atoms with van der Waals surface area (Å²) in [5.41, 5.74) is 16.7. The van der Waals surface area contributed by atoms with Crippen LogP contribution in [0.3, 0.4) is 0 Å². The van der Waals surface area contributed by atoms with Gasteiger partial charge in [0.2, 0.25) is 47.3 Å². The summed E-state index contributed by atoms with van der Waals surface area (Å²) >= 11 is 0. The van der Waals surface area contributed by atoms with E-state index in [2.05, 4.69) is 42.2 Å². The van der Waals surface area contributed by atoms with Crippen LogP contribution in [0.2, 0.25) is 0 Å². The lowest BCUT2D eigenvalue weighted by Crippen LogP contribution is -2.61. The third-order valence-electron chi connectivity index (χ3n) is 10.5. The summed E-state index contributed by atoms with van der Waals surface area (Å²) in [6.07, 6.45) is 1.32. The third-order valence-corrected chi connectivity index (χ3v) is 10.5. The number of carboxylic acid groups (broad SMARTS) is 1. The summed E-state index contributed by atoms with van der Waals surface area (Å²) < 4.78 is 0. The SMILES string of the molecule is CC(C)C[C@@H]1NC(=O)CNC(=O)[C@H]2CCCN2C(=O)[C@H](CCCN=C(N)N)NC(=O)[C@H](CCCCN)NC(=O)[C@H](CC(C)C)NC(=O)[C@H](CC(=O)O)NC(=O)[C@H](CC(C)C)NC1=O. The summed E-state index contributed by atoms with van der Waals surface area (Å²) in [6.45, 7) is 10.8. The number of hydrogen-bond donors (Lipinski definition) is 11. The van der Waals surface area contributed by atoms with Crippen molar-refractivity contribution >= 4 is 59.2 Å². The Bertz CT molecular complexity index is 1640. The van der Waals surface area contributed by atoms with Gasteiger partial charge in [0.05, 0.1) is 13.0 Å². The van der Waals surface area contributed by atoms with E-state index in [-0.39, 0.29) is 88.3 Å². The van der Waals surface area contributed by atoms with E-state index in [1.165, 1.54) is 4.90 Å². The number of hydrogen-bond acceptors (Lipinski definition) is 11. The number of nitrogens with zero attached hydrogens (tertiary/aromatic N) is 2. The number of nitrogens with one attached hydrogen (secondary N) is 7. The molecular formula is C41H72N12O10. The Labute approximate surface area is 369 Å². The van der Waals surface area contributed by atoms with Crippen LogP contribution < -0.4 is 54.4 Å². The second-order valence-electron chi connectivity index (χ2n) is 17.6. The first kappa shape index (κ1) is 53.6. The Hall–Kier alpha value is -5.54. The van der Waals surface area contributed by atoms with Crippen LogP contribution >= 0.6 is 0 Å². The molecule has 7 atom stereocenters. The zero-order chi connectivity index (χ0) is 47.4. The number of amides is 8. The Morgan fingerprint density at radius 1 is 0.651 bits per heavy atom. The highest BCUT2D eigenvalue weighted by Crippen LogP contribution is 2.20. The number of nitrogens with two attached hydrogens (primary N) is 3. The molecule has 63 heavy (non-hydrogen) atoms. The Morgan fingerprint density at radius 3 is 1.62 bits per heavy atom. The van der Waals surface area contributed by atoms with Gasteiger partial charge in [-0.25, -0.2) is 0 Å². The van der Waals surface area contributed by atoms with Crippen molar-refractivity contribution in [1.82, 2.24) is 42.1 Å². The molecule has 2 fully saturated rings. The topological polar surface area (TPSA) is 352 Å². The molecule has 356 valence electrons. The van der Waals surface area contributed by atoms with Crippen molar-refractivity contribution in [2.45, 2.75) is 154 Å². The minimum atomic E-state index is -1.70. The van der Waals surface area contributed by atoms with Crippen molar-refractivity contribution in [3.05, 3.63) is 0 Å². The maximum Gasteiger partial charge on any atom is 0.305 e. The van der Waals surface area contributed by atoms with Crippen LogP contribution in [-0.2, 0) is 43.2 Å². The molecule has 0 aromatic heterocycles. The maximum atomic E-state index is 14.3. The fraction of sp³-hybridized carbons (Fsp3) is 0.756. The largest absolute Gasteiger partial charge is 0.481 e. The number of carboxylic acids is 1. The first-order valence-corrected chi connectivity index (χ1v) is 22.0. The molecule has 0 bridgehead atoms. The van der Waals surface area contributed by atoms with Crippen LogP contribution in [-0.4, -0.2) is 138 Å². The van der Waals surface area contributed by atoms with E-state index >= 15 is 0 Å². The molecule has 0 spiro atoms. The highest BCUT2D eigenvalue weighted by Gasteiger charge is 2.39. The van der Waals surface area contributed by atoms with E-state index in [0.717, 1.165) is 0 Å². The van der Waals surface area contributed by atoms with Gasteiger partial charge >= 0.3 is 5.97 Å². The van der Waals surface area contributed by atoms with Crippen LogP contribution in [0.25, 0.3) is 0 Å². The molecule has 2 aliphatic heterocycles. The molecule has 22 nitrogen and oxygen atoms in total. The summed E-state index contributed by atoms with van der Waals surface area (Å²) in [4.78, 5) is 128. The smallest absolute Gasteiger partial charge is 0.305 e. The average Bonchev–Trinajstić information content (AvgIpc) is 3.68. The van der Waals surface area contributed by atoms with Crippen LogP contribution in [0, 0.1) is 17.8 Å². The lowest BCUT2D eigenvalue weighted by molar-refractivity contribution is -0.142. The molecule has 8 amide bonds. The van der Waals surface area contributed by atoms with E-state index in [1.807, 2.05) is 13.8 Å². The Kier molecular flexibility index (Phi) is 22.8. The van der Waals surface area contributed by atoms with E-state index < -0.39 is 108 Å². The normalized spacial score (nSPS) is 25.2. The molecule has 2 rings (SSSR count).